The van der Waals surface area contributed by atoms with Gasteiger partial charge in [0.2, 0.25) is 0 Å². The van der Waals surface area contributed by atoms with Gasteiger partial charge in [-0.15, -0.1) is 0 Å². The molecule has 1 N–H and O–H groups in total. The van der Waals surface area contributed by atoms with Gasteiger partial charge in [0.05, 0.1) is 0 Å². The van der Waals surface area contributed by atoms with Crippen molar-refractivity contribution in [3.63, 3.8) is 0 Å². The molecule has 0 aliphatic heterocycles. The first-order valence-corrected chi connectivity index (χ1v) is 4.04. The van der Waals surface area contributed by atoms with Crippen LogP contribution in [0.4, 0.5) is 5.69 Å². The van der Waals surface area contributed by atoms with Gasteiger partial charge in [0.15, 0.2) is 0 Å². The van der Waals surface area contributed by atoms with E-state index in [1.54, 1.807) is 0 Å². The number of aryl methyl sites for hydroxylation is 2. The predicted octanol–water partition coefficient (Wildman–Crippen LogP) is 2.74. The summed E-state index contributed by atoms with van der Waals surface area (Å²) in [5, 5.41) is 3.29. The van der Waals surface area contributed by atoms with Crippen LogP contribution in [-0.4, -0.2) is 6.54 Å². The van der Waals surface area contributed by atoms with Gasteiger partial charge in [-0.3, -0.25) is 0 Å². The highest BCUT2D eigenvalue weighted by Gasteiger charge is 1.92. The average Bonchev–Trinajstić information content (AvgIpc) is 1.85. The molecule has 0 radical (unpaired) electrons. The Hall–Kier alpha value is -0.980. The van der Waals surface area contributed by atoms with Gasteiger partial charge in [0, 0.05) is 12.2 Å². The molecular formula is C10H15N. The van der Waals surface area contributed by atoms with E-state index in [-0.39, 0.29) is 0 Å². The quantitative estimate of drug-likeness (QED) is 0.681. The van der Waals surface area contributed by atoms with Crippen LogP contribution in [0.1, 0.15) is 18.1 Å². The minimum atomic E-state index is 0.989. The lowest BCUT2D eigenvalue weighted by Gasteiger charge is -2.05. The van der Waals surface area contributed by atoms with Gasteiger partial charge in [0.25, 0.3) is 0 Å². The SMILES string of the molecule is CCNc1cc(C)cc(C)c1. The van der Waals surface area contributed by atoms with Crippen molar-refractivity contribution in [1.82, 2.24) is 0 Å². The third-order valence-electron chi connectivity index (χ3n) is 1.60. The number of nitrogens with one attached hydrogen (secondary N) is 1. The summed E-state index contributed by atoms with van der Waals surface area (Å²) >= 11 is 0. The zero-order valence-electron chi connectivity index (χ0n) is 7.44. The molecule has 1 aromatic carbocycles. The Balaban J connectivity index is 2.89. The van der Waals surface area contributed by atoms with Gasteiger partial charge < -0.3 is 5.32 Å². The molecule has 0 saturated carbocycles. The average molecular weight is 149 g/mol. The van der Waals surface area contributed by atoms with E-state index in [1.807, 2.05) is 0 Å². The highest BCUT2D eigenvalue weighted by atomic mass is 14.8. The van der Waals surface area contributed by atoms with Gasteiger partial charge in [0.1, 0.15) is 0 Å². The van der Waals surface area contributed by atoms with Crippen LogP contribution < -0.4 is 5.32 Å². The number of benzene rings is 1. The predicted molar refractivity (Wildman–Crippen MR) is 50.1 cm³/mol. The van der Waals surface area contributed by atoms with Crippen molar-refractivity contribution in [3.05, 3.63) is 29.3 Å². The molecule has 0 saturated heterocycles. The molecule has 0 aliphatic carbocycles. The van der Waals surface area contributed by atoms with Gasteiger partial charge >= 0.3 is 0 Å². The Morgan fingerprint density at radius 2 is 1.64 bits per heavy atom. The highest BCUT2D eigenvalue weighted by molar-refractivity contribution is 5.48. The first-order valence-electron chi connectivity index (χ1n) is 4.04. The molecule has 1 aromatic rings. The monoisotopic (exact) mass is 149 g/mol. The van der Waals surface area contributed by atoms with Crippen LogP contribution in [0.3, 0.4) is 0 Å². The number of hydrogen-bond acceptors (Lipinski definition) is 1. The highest BCUT2D eigenvalue weighted by Crippen LogP contribution is 2.12. The van der Waals surface area contributed by atoms with Crippen molar-refractivity contribution in [2.45, 2.75) is 20.8 Å². The fourth-order valence-electron chi connectivity index (χ4n) is 1.28. The maximum absolute atomic E-state index is 3.29. The van der Waals surface area contributed by atoms with Crippen molar-refractivity contribution >= 4 is 5.69 Å². The van der Waals surface area contributed by atoms with E-state index in [4.69, 9.17) is 0 Å². The molecule has 0 heterocycles. The van der Waals surface area contributed by atoms with Crippen LogP contribution in [0.2, 0.25) is 0 Å². The zero-order chi connectivity index (χ0) is 8.27. The third-order valence-corrected chi connectivity index (χ3v) is 1.60. The first kappa shape index (κ1) is 8.12. The molecule has 0 spiro atoms. The minimum Gasteiger partial charge on any atom is -0.385 e. The molecule has 1 rings (SSSR count). The Morgan fingerprint density at radius 3 is 2.09 bits per heavy atom. The van der Waals surface area contributed by atoms with E-state index in [9.17, 15) is 0 Å². The molecule has 0 bridgehead atoms. The van der Waals surface area contributed by atoms with Crippen LogP contribution in [0, 0.1) is 13.8 Å². The minimum absolute atomic E-state index is 0.989. The van der Waals surface area contributed by atoms with E-state index in [2.05, 4.69) is 44.3 Å². The van der Waals surface area contributed by atoms with Crippen LogP contribution in [-0.2, 0) is 0 Å². The standard InChI is InChI=1S/C10H15N/c1-4-11-10-6-8(2)5-9(3)7-10/h5-7,11H,4H2,1-3H3. The molecule has 0 unspecified atom stereocenters. The van der Waals surface area contributed by atoms with Crippen molar-refractivity contribution < 1.29 is 0 Å². The molecular weight excluding hydrogens is 134 g/mol. The largest absolute Gasteiger partial charge is 0.385 e. The van der Waals surface area contributed by atoms with Crippen LogP contribution >= 0.6 is 0 Å². The van der Waals surface area contributed by atoms with Crippen LogP contribution in [0.5, 0.6) is 0 Å². The van der Waals surface area contributed by atoms with Crippen molar-refractivity contribution in [1.29, 1.82) is 0 Å². The van der Waals surface area contributed by atoms with E-state index < -0.39 is 0 Å². The number of hydrogen-bond donors (Lipinski definition) is 1. The van der Waals surface area contributed by atoms with Gasteiger partial charge in [-0.25, -0.2) is 0 Å². The fourth-order valence-corrected chi connectivity index (χ4v) is 1.28. The third kappa shape index (κ3) is 2.26. The molecule has 60 valence electrons. The normalized spacial score (nSPS) is 9.73. The Bertz CT molecular complexity index is 220. The van der Waals surface area contributed by atoms with Gasteiger partial charge in [-0.1, -0.05) is 6.07 Å². The molecule has 1 nitrogen and oxygen atoms in total. The Kier molecular flexibility index (Phi) is 2.53. The van der Waals surface area contributed by atoms with Gasteiger partial charge in [-0.05, 0) is 44.0 Å². The van der Waals surface area contributed by atoms with Crippen molar-refractivity contribution in [3.8, 4) is 0 Å². The summed E-state index contributed by atoms with van der Waals surface area (Å²) in [6, 6.07) is 6.51. The Labute approximate surface area is 68.4 Å². The summed E-state index contributed by atoms with van der Waals surface area (Å²) in [6.07, 6.45) is 0. The van der Waals surface area contributed by atoms with Crippen molar-refractivity contribution in [2.75, 3.05) is 11.9 Å². The summed E-state index contributed by atoms with van der Waals surface area (Å²) in [5.74, 6) is 0. The van der Waals surface area contributed by atoms with Crippen LogP contribution in [0.25, 0.3) is 0 Å². The summed E-state index contributed by atoms with van der Waals surface area (Å²) in [5.41, 5.74) is 3.87. The lowest BCUT2D eigenvalue weighted by molar-refractivity contribution is 1.20. The summed E-state index contributed by atoms with van der Waals surface area (Å²) < 4.78 is 0. The summed E-state index contributed by atoms with van der Waals surface area (Å²) in [4.78, 5) is 0. The van der Waals surface area contributed by atoms with Crippen LogP contribution in [0.15, 0.2) is 18.2 Å². The number of anilines is 1. The first-order chi connectivity index (χ1) is 5.22. The second-order valence-electron chi connectivity index (χ2n) is 2.91. The molecule has 11 heavy (non-hydrogen) atoms. The second kappa shape index (κ2) is 3.42. The maximum atomic E-state index is 3.29. The molecule has 0 aliphatic rings. The molecule has 0 aromatic heterocycles. The topological polar surface area (TPSA) is 12.0 Å². The van der Waals surface area contributed by atoms with Crippen molar-refractivity contribution in [2.24, 2.45) is 0 Å². The molecule has 0 fully saturated rings. The van der Waals surface area contributed by atoms with E-state index in [0.29, 0.717) is 0 Å². The fraction of sp³-hybridized carbons (Fsp3) is 0.400. The van der Waals surface area contributed by atoms with E-state index in [1.165, 1.54) is 16.8 Å². The second-order valence-corrected chi connectivity index (χ2v) is 2.91. The number of rotatable bonds is 2. The molecule has 1 heteroatoms. The molecule has 0 amide bonds. The zero-order valence-corrected chi connectivity index (χ0v) is 7.44. The van der Waals surface area contributed by atoms with E-state index >= 15 is 0 Å². The van der Waals surface area contributed by atoms with Gasteiger partial charge in [-0.2, -0.15) is 0 Å². The lowest BCUT2D eigenvalue weighted by Crippen LogP contribution is -1.96. The molecule has 0 atom stereocenters. The Morgan fingerprint density at radius 1 is 1.09 bits per heavy atom. The van der Waals surface area contributed by atoms with E-state index in [0.717, 1.165) is 6.54 Å². The smallest absolute Gasteiger partial charge is 0.0345 e. The summed E-state index contributed by atoms with van der Waals surface area (Å²) in [7, 11) is 0. The maximum Gasteiger partial charge on any atom is 0.0345 e. The summed E-state index contributed by atoms with van der Waals surface area (Å²) in [6.45, 7) is 7.34. The lowest BCUT2D eigenvalue weighted by atomic mass is 10.1.